The van der Waals surface area contributed by atoms with E-state index in [0.717, 1.165) is 32.4 Å². The molecule has 1 saturated heterocycles. The van der Waals surface area contributed by atoms with Crippen molar-refractivity contribution in [1.29, 1.82) is 0 Å². The number of rotatable bonds is 5. The lowest BCUT2D eigenvalue weighted by Gasteiger charge is -2.29. The van der Waals surface area contributed by atoms with Gasteiger partial charge >= 0.3 is 0 Å². The van der Waals surface area contributed by atoms with E-state index in [0.29, 0.717) is 11.3 Å². The molecule has 126 valence electrons. The molecule has 0 spiro atoms. The summed E-state index contributed by atoms with van der Waals surface area (Å²) < 4.78 is 0. The minimum absolute atomic E-state index is 0.000315. The molecular formula is C18H27N3O2. The highest BCUT2D eigenvalue weighted by Gasteiger charge is 2.25. The normalized spacial score (nSPS) is 19.9. The highest BCUT2D eigenvalue weighted by molar-refractivity contribution is 6.04. The Morgan fingerprint density at radius 3 is 2.78 bits per heavy atom. The molecule has 1 fully saturated rings. The Kier molecular flexibility index (Phi) is 6.16. The van der Waals surface area contributed by atoms with Crippen molar-refractivity contribution in [3.8, 4) is 0 Å². The maximum absolute atomic E-state index is 12.5. The highest BCUT2D eigenvalue weighted by Crippen LogP contribution is 2.20. The number of likely N-dealkylation sites (tertiary alicyclic amines) is 1. The second kappa shape index (κ2) is 8.11. The Bertz CT molecular complexity index is 559. The molecule has 0 aliphatic carbocycles. The number of hydrogen-bond donors (Lipinski definition) is 2. The van der Waals surface area contributed by atoms with Crippen molar-refractivity contribution in [3.05, 3.63) is 29.8 Å². The van der Waals surface area contributed by atoms with E-state index in [9.17, 15) is 9.59 Å². The van der Waals surface area contributed by atoms with Gasteiger partial charge in [-0.25, -0.2) is 0 Å². The lowest BCUT2D eigenvalue weighted by atomic mass is 9.97. The fraction of sp³-hybridized carbons (Fsp3) is 0.556. The predicted molar refractivity (Wildman–Crippen MR) is 92.5 cm³/mol. The molecule has 5 nitrogen and oxygen atoms in total. The summed E-state index contributed by atoms with van der Waals surface area (Å²) in [5.74, 6) is -0.157. The van der Waals surface area contributed by atoms with E-state index in [4.69, 9.17) is 0 Å². The second-order valence-corrected chi connectivity index (χ2v) is 6.42. The number of para-hydroxylation sites is 1. The van der Waals surface area contributed by atoms with Crippen LogP contribution in [0.3, 0.4) is 0 Å². The van der Waals surface area contributed by atoms with Crippen molar-refractivity contribution < 1.29 is 9.59 Å². The number of nitrogens with zero attached hydrogens (tertiary/aromatic N) is 1. The minimum Gasteiger partial charge on any atom is -0.350 e. The van der Waals surface area contributed by atoms with Crippen LogP contribution in [0, 0.1) is 5.92 Å². The summed E-state index contributed by atoms with van der Waals surface area (Å²) in [6.45, 7) is 5.81. The highest BCUT2D eigenvalue weighted by atomic mass is 16.2. The molecule has 1 aliphatic rings. The van der Waals surface area contributed by atoms with Gasteiger partial charge in [-0.05, 0) is 51.9 Å². The number of carbonyl (C=O) groups is 2. The molecular weight excluding hydrogens is 290 g/mol. The van der Waals surface area contributed by atoms with Gasteiger partial charge in [0.15, 0.2) is 0 Å². The van der Waals surface area contributed by atoms with E-state index in [-0.39, 0.29) is 23.8 Å². The Labute approximate surface area is 138 Å². The van der Waals surface area contributed by atoms with Crippen LogP contribution in [-0.4, -0.2) is 42.9 Å². The quantitative estimate of drug-likeness (QED) is 0.877. The fourth-order valence-corrected chi connectivity index (χ4v) is 2.81. The van der Waals surface area contributed by atoms with Gasteiger partial charge in [-0.15, -0.1) is 0 Å². The van der Waals surface area contributed by atoms with Crippen molar-refractivity contribution in [2.24, 2.45) is 5.92 Å². The van der Waals surface area contributed by atoms with Gasteiger partial charge in [-0.3, -0.25) is 9.59 Å². The topological polar surface area (TPSA) is 61.4 Å². The van der Waals surface area contributed by atoms with Gasteiger partial charge < -0.3 is 15.5 Å². The summed E-state index contributed by atoms with van der Waals surface area (Å²) in [5, 5.41) is 5.89. The van der Waals surface area contributed by atoms with Gasteiger partial charge in [0.25, 0.3) is 5.91 Å². The van der Waals surface area contributed by atoms with Crippen LogP contribution in [0.5, 0.6) is 0 Å². The molecule has 2 rings (SSSR count). The van der Waals surface area contributed by atoms with Gasteiger partial charge in [0.05, 0.1) is 17.2 Å². The average Bonchev–Trinajstić information content (AvgIpc) is 2.55. The van der Waals surface area contributed by atoms with E-state index >= 15 is 0 Å². The van der Waals surface area contributed by atoms with E-state index in [1.165, 1.54) is 0 Å². The number of nitrogens with one attached hydrogen (secondary N) is 2. The summed E-state index contributed by atoms with van der Waals surface area (Å²) in [5.41, 5.74) is 1.11. The van der Waals surface area contributed by atoms with Crippen LogP contribution in [0.15, 0.2) is 24.3 Å². The third-order valence-corrected chi connectivity index (χ3v) is 4.41. The lowest BCUT2D eigenvalue weighted by Crippen LogP contribution is -2.39. The zero-order valence-corrected chi connectivity index (χ0v) is 14.3. The zero-order valence-electron chi connectivity index (χ0n) is 14.3. The van der Waals surface area contributed by atoms with Gasteiger partial charge in [0, 0.05) is 12.6 Å². The Balaban J connectivity index is 2.07. The zero-order chi connectivity index (χ0) is 16.8. The number of benzene rings is 1. The molecule has 23 heavy (non-hydrogen) atoms. The molecule has 0 bridgehead atoms. The van der Waals surface area contributed by atoms with Crippen LogP contribution >= 0.6 is 0 Å². The van der Waals surface area contributed by atoms with Gasteiger partial charge in [0.1, 0.15) is 0 Å². The fourth-order valence-electron chi connectivity index (χ4n) is 2.81. The first-order chi connectivity index (χ1) is 11.0. The van der Waals surface area contributed by atoms with Crippen LogP contribution in [0.4, 0.5) is 5.69 Å². The van der Waals surface area contributed by atoms with Crippen LogP contribution in [0.2, 0.25) is 0 Å². The standard InChI is InChI=1S/C18H27N3O2/c1-4-13(2)19-18(23)15-9-5-6-10-16(15)20-17(22)14-8-7-11-21(3)12-14/h5-6,9-10,13-14H,4,7-8,11-12H2,1-3H3,(H,19,23)(H,20,22)/t13-,14+/m1/s1. The van der Waals surface area contributed by atoms with Crippen molar-refractivity contribution in [3.63, 3.8) is 0 Å². The maximum atomic E-state index is 12.5. The van der Waals surface area contributed by atoms with Crippen molar-refractivity contribution in [2.75, 3.05) is 25.5 Å². The minimum atomic E-state index is -0.143. The Hall–Kier alpha value is -1.88. The molecule has 1 heterocycles. The summed E-state index contributed by atoms with van der Waals surface area (Å²) in [6.07, 6.45) is 2.80. The average molecular weight is 317 g/mol. The van der Waals surface area contributed by atoms with Crippen LogP contribution in [-0.2, 0) is 4.79 Å². The predicted octanol–water partition coefficient (Wildman–Crippen LogP) is 2.50. The number of hydrogen-bond acceptors (Lipinski definition) is 3. The third-order valence-electron chi connectivity index (χ3n) is 4.41. The van der Waals surface area contributed by atoms with E-state index in [2.05, 4.69) is 15.5 Å². The number of piperidine rings is 1. The molecule has 0 saturated carbocycles. The first kappa shape index (κ1) is 17.5. The van der Waals surface area contributed by atoms with Gasteiger partial charge in [-0.2, -0.15) is 0 Å². The molecule has 1 aromatic carbocycles. The first-order valence-corrected chi connectivity index (χ1v) is 8.40. The molecule has 0 aromatic heterocycles. The molecule has 2 N–H and O–H groups in total. The molecule has 1 aromatic rings. The van der Waals surface area contributed by atoms with Crippen LogP contribution < -0.4 is 10.6 Å². The summed E-state index contributed by atoms with van der Waals surface area (Å²) in [6, 6.07) is 7.30. The lowest BCUT2D eigenvalue weighted by molar-refractivity contribution is -0.121. The number of amides is 2. The Morgan fingerprint density at radius 1 is 1.35 bits per heavy atom. The van der Waals surface area contributed by atoms with Crippen molar-refractivity contribution >= 4 is 17.5 Å². The van der Waals surface area contributed by atoms with E-state index in [1.54, 1.807) is 12.1 Å². The SMILES string of the molecule is CC[C@@H](C)NC(=O)c1ccccc1NC(=O)[C@H]1CCCN(C)C1. The first-order valence-electron chi connectivity index (χ1n) is 8.40. The van der Waals surface area contributed by atoms with Gasteiger partial charge in [0.2, 0.25) is 5.91 Å². The molecule has 2 atom stereocenters. The molecule has 5 heteroatoms. The second-order valence-electron chi connectivity index (χ2n) is 6.42. The molecule has 2 amide bonds. The van der Waals surface area contributed by atoms with E-state index < -0.39 is 0 Å². The number of carbonyl (C=O) groups excluding carboxylic acids is 2. The number of anilines is 1. The van der Waals surface area contributed by atoms with Crippen LogP contribution in [0.1, 0.15) is 43.5 Å². The summed E-state index contributed by atoms with van der Waals surface area (Å²) in [7, 11) is 2.03. The smallest absolute Gasteiger partial charge is 0.253 e. The van der Waals surface area contributed by atoms with E-state index in [1.807, 2.05) is 33.0 Å². The molecule has 0 radical (unpaired) electrons. The Morgan fingerprint density at radius 2 is 2.09 bits per heavy atom. The van der Waals surface area contributed by atoms with Gasteiger partial charge in [-0.1, -0.05) is 19.1 Å². The van der Waals surface area contributed by atoms with Crippen molar-refractivity contribution in [1.82, 2.24) is 10.2 Å². The third kappa shape index (κ3) is 4.79. The monoisotopic (exact) mass is 317 g/mol. The van der Waals surface area contributed by atoms with Crippen molar-refractivity contribution in [2.45, 2.75) is 39.2 Å². The maximum Gasteiger partial charge on any atom is 0.253 e. The summed E-state index contributed by atoms with van der Waals surface area (Å²) >= 11 is 0. The molecule has 0 unspecified atom stereocenters. The summed E-state index contributed by atoms with van der Waals surface area (Å²) in [4.78, 5) is 27.0. The molecule has 1 aliphatic heterocycles. The van der Waals surface area contributed by atoms with Crippen LogP contribution in [0.25, 0.3) is 0 Å². The largest absolute Gasteiger partial charge is 0.350 e.